The molecule has 208 valence electrons. The Morgan fingerprint density at radius 2 is 1.49 bits per heavy atom. The minimum atomic E-state index is -1.00. The van der Waals surface area contributed by atoms with E-state index in [0.717, 1.165) is 16.7 Å². The SMILES string of the molecule is CCOC(Cc1ccc(OCCN(CCOCc2ccc(F)cc2)C(=O)Oc2ccc(C)cc2)cc1)C(=O)O. The van der Waals surface area contributed by atoms with Gasteiger partial charge in [0.1, 0.15) is 23.9 Å². The first-order valence-electron chi connectivity index (χ1n) is 12.8. The number of benzene rings is 3. The predicted molar refractivity (Wildman–Crippen MR) is 144 cm³/mol. The van der Waals surface area contributed by atoms with Crippen molar-refractivity contribution in [1.82, 2.24) is 4.90 Å². The number of halogens is 1. The van der Waals surface area contributed by atoms with Gasteiger partial charge >= 0.3 is 12.1 Å². The zero-order valence-corrected chi connectivity index (χ0v) is 22.2. The maximum Gasteiger partial charge on any atom is 0.415 e. The average Bonchev–Trinajstić information content (AvgIpc) is 2.92. The van der Waals surface area contributed by atoms with Crippen LogP contribution in [0, 0.1) is 12.7 Å². The van der Waals surface area contributed by atoms with Crippen LogP contribution in [0.15, 0.2) is 72.8 Å². The number of hydrogen-bond donors (Lipinski definition) is 1. The van der Waals surface area contributed by atoms with Gasteiger partial charge in [-0.05, 0) is 61.4 Å². The molecule has 0 saturated carbocycles. The Morgan fingerprint density at radius 1 is 0.872 bits per heavy atom. The van der Waals surface area contributed by atoms with Crippen LogP contribution < -0.4 is 9.47 Å². The van der Waals surface area contributed by atoms with E-state index in [1.807, 2.05) is 19.1 Å². The molecule has 0 radical (unpaired) electrons. The molecule has 3 aromatic rings. The van der Waals surface area contributed by atoms with E-state index < -0.39 is 18.2 Å². The topological polar surface area (TPSA) is 94.5 Å². The number of nitrogens with zero attached hydrogens (tertiary/aromatic N) is 1. The highest BCUT2D eigenvalue weighted by molar-refractivity contribution is 5.72. The monoisotopic (exact) mass is 539 g/mol. The Hall–Kier alpha value is -3.95. The highest BCUT2D eigenvalue weighted by Crippen LogP contribution is 2.16. The zero-order chi connectivity index (χ0) is 28.0. The van der Waals surface area contributed by atoms with Crippen LogP contribution in [0.4, 0.5) is 9.18 Å². The molecule has 0 saturated heterocycles. The smallest absolute Gasteiger partial charge is 0.415 e. The summed E-state index contributed by atoms with van der Waals surface area (Å²) in [6.07, 6.45) is -1.18. The van der Waals surface area contributed by atoms with Crippen molar-refractivity contribution in [3.63, 3.8) is 0 Å². The van der Waals surface area contributed by atoms with Crippen molar-refractivity contribution in [2.45, 2.75) is 33.0 Å². The van der Waals surface area contributed by atoms with Crippen molar-refractivity contribution >= 4 is 12.1 Å². The van der Waals surface area contributed by atoms with E-state index in [1.54, 1.807) is 55.5 Å². The predicted octanol–water partition coefficient (Wildman–Crippen LogP) is 5.26. The summed E-state index contributed by atoms with van der Waals surface area (Å²) in [7, 11) is 0. The molecule has 1 amide bonds. The minimum Gasteiger partial charge on any atom is -0.492 e. The Morgan fingerprint density at radius 3 is 2.13 bits per heavy atom. The first kappa shape index (κ1) is 29.6. The lowest BCUT2D eigenvalue weighted by atomic mass is 10.1. The maximum absolute atomic E-state index is 13.1. The van der Waals surface area contributed by atoms with E-state index in [4.69, 9.17) is 18.9 Å². The number of carboxylic acids is 1. The molecule has 0 aliphatic heterocycles. The van der Waals surface area contributed by atoms with E-state index in [0.29, 0.717) is 18.1 Å². The Kier molecular flexibility index (Phi) is 11.7. The van der Waals surface area contributed by atoms with Crippen molar-refractivity contribution in [2.75, 3.05) is 32.9 Å². The van der Waals surface area contributed by atoms with Gasteiger partial charge in [-0.1, -0.05) is 42.0 Å². The Bertz CT molecular complexity index is 1170. The molecule has 1 atom stereocenters. The van der Waals surface area contributed by atoms with Crippen molar-refractivity contribution in [1.29, 1.82) is 0 Å². The number of carbonyl (C=O) groups is 2. The first-order valence-corrected chi connectivity index (χ1v) is 12.8. The lowest BCUT2D eigenvalue weighted by Crippen LogP contribution is -2.39. The number of rotatable bonds is 15. The summed E-state index contributed by atoms with van der Waals surface area (Å²) in [6, 6.07) is 20.3. The number of ether oxygens (including phenoxy) is 4. The molecule has 39 heavy (non-hydrogen) atoms. The van der Waals surface area contributed by atoms with Crippen LogP contribution in [-0.2, 0) is 27.3 Å². The molecular formula is C30H34FNO7. The fourth-order valence-corrected chi connectivity index (χ4v) is 3.64. The maximum atomic E-state index is 13.1. The Labute approximate surface area is 227 Å². The van der Waals surface area contributed by atoms with E-state index in [9.17, 15) is 19.1 Å². The van der Waals surface area contributed by atoms with Crippen LogP contribution in [0.25, 0.3) is 0 Å². The number of amides is 1. The molecule has 3 rings (SSSR count). The van der Waals surface area contributed by atoms with E-state index in [1.165, 1.54) is 17.0 Å². The molecule has 8 nitrogen and oxygen atoms in total. The van der Waals surface area contributed by atoms with Crippen LogP contribution in [0.1, 0.15) is 23.6 Å². The summed E-state index contributed by atoms with van der Waals surface area (Å²) in [5.74, 6) is -0.294. The van der Waals surface area contributed by atoms with Gasteiger partial charge in [-0.2, -0.15) is 0 Å². The summed E-state index contributed by atoms with van der Waals surface area (Å²) in [6.45, 7) is 5.28. The van der Waals surface area contributed by atoms with Crippen LogP contribution >= 0.6 is 0 Å². The molecule has 0 spiro atoms. The van der Waals surface area contributed by atoms with E-state index >= 15 is 0 Å². The minimum absolute atomic E-state index is 0.205. The summed E-state index contributed by atoms with van der Waals surface area (Å²) in [5, 5.41) is 9.27. The lowest BCUT2D eigenvalue weighted by molar-refractivity contribution is -0.149. The number of aryl methyl sites for hydroxylation is 1. The lowest BCUT2D eigenvalue weighted by Gasteiger charge is -2.22. The fourth-order valence-electron chi connectivity index (χ4n) is 3.64. The number of aliphatic carboxylic acids is 1. The van der Waals surface area contributed by atoms with Gasteiger partial charge in [-0.15, -0.1) is 0 Å². The second-order valence-electron chi connectivity index (χ2n) is 8.83. The second kappa shape index (κ2) is 15.5. The highest BCUT2D eigenvalue weighted by Gasteiger charge is 2.18. The quantitative estimate of drug-likeness (QED) is 0.263. The average molecular weight is 540 g/mol. The summed E-state index contributed by atoms with van der Waals surface area (Å²) in [4.78, 5) is 25.7. The third-order valence-corrected chi connectivity index (χ3v) is 5.79. The second-order valence-corrected chi connectivity index (χ2v) is 8.83. The molecule has 0 fully saturated rings. The van der Waals surface area contributed by atoms with E-state index in [-0.39, 0.29) is 45.1 Å². The molecule has 0 aromatic heterocycles. The summed E-state index contributed by atoms with van der Waals surface area (Å²) < 4.78 is 35.4. The van der Waals surface area contributed by atoms with Crippen molar-refractivity contribution in [3.05, 3.63) is 95.3 Å². The van der Waals surface area contributed by atoms with Gasteiger partial charge in [0.05, 0.1) is 19.8 Å². The first-order chi connectivity index (χ1) is 18.8. The Balaban J connectivity index is 1.53. The molecule has 1 N–H and O–H groups in total. The molecule has 9 heteroatoms. The standard InChI is InChI=1S/C30H34FNO7/c1-3-37-28(29(33)34)20-23-8-14-26(15-9-23)38-19-17-32(30(35)39-27-12-4-22(2)5-13-27)16-18-36-21-24-6-10-25(31)11-7-24/h4-15,28H,3,16-21H2,1-2H3,(H,33,34). The van der Waals surface area contributed by atoms with Gasteiger partial charge in [0.25, 0.3) is 0 Å². The van der Waals surface area contributed by atoms with Gasteiger partial charge in [0.2, 0.25) is 0 Å². The summed E-state index contributed by atoms with van der Waals surface area (Å²) in [5.41, 5.74) is 2.69. The van der Waals surface area contributed by atoms with Crippen LogP contribution in [0.2, 0.25) is 0 Å². The number of carbonyl (C=O) groups excluding carboxylic acids is 1. The molecule has 0 bridgehead atoms. The molecule has 1 unspecified atom stereocenters. The summed E-state index contributed by atoms with van der Waals surface area (Å²) >= 11 is 0. The van der Waals surface area contributed by atoms with Gasteiger partial charge in [-0.3, -0.25) is 0 Å². The molecule has 3 aromatic carbocycles. The third kappa shape index (κ3) is 10.4. The van der Waals surface area contributed by atoms with Crippen molar-refractivity contribution in [2.24, 2.45) is 0 Å². The highest BCUT2D eigenvalue weighted by atomic mass is 19.1. The van der Waals surface area contributed by atoms with Gasteiger partial charge < -0.3 is 29.0 Å². The fraction of sp³-hybridized carbons (Fsp3) is 0.333. The third-order valence-electron chi connectivity index (χ3n) is 5.79. The van der Waals surface area contributed by atoms with Gasteiger partial charge in [-0.25, -0.2) is 14.0 Å². The largest absolute Gasteiger partial charge is 0.492 e. The van der Waals surface area contributed by atoms with Crippen molar-refractivity contribution < 1.29 is 38.0 Å². The van der Waals surface area contributed by atoms with Crippen molar-refractivity contribution in [3.8, 4) is 11.5 Å². The molecule has 0 aliphatic rings. The van der Waals surface area contributed by atoms with Crippen LogP contribution in [0.3, 0.4) is 0 Å². The van der Waals surface area contributed by atoms with E-state index in [2.05, 4.69) is 0 Å². The van der Waals surface area contributed by atoms with Gasteiger partial charge in [0.15, 0.2) is 6.10 Å². The van der Waals surface area contributed by atoms with Gasteiger partial charge in [0, 0.05) is 19.6 Å². The van der Waals surface area contributed by atoms with Crippen LogP contribution in [-0.4, -0.2) is 61.1 Å². The molecular weight excluding hydrogens is 505 g/mol. The van der Waals surface area contributed by atoms with Crippen LogP contribution in [0.5, 0.6) is 11.5 Å². The molecule has 0 heterocycles. The number of hydrogen-bond acceptors (Lipinski definition) is 6. The molecule has 0 aliphatic carbocycles. The number of carboxylic acid groups (broad SMARTS) is 1. The zero-order valence-electron chi connectivity index (χ0n) is 22.2. The normalized spacial score (nSPS) is 11.6.